The normalized spacial score (nSPS) is 17.0. The van der Waals surface area contributed by atoms with Crippen LogP contribution in [0.2, 0.25) is 5.02 Å². The summed E-state index contributed by atoms with van der Waals surface area (Å²) >= 11 is 5.77. The monoisotopic (exact) mass is 430 g/mol. The maximum atomic E-state index is 12.5. The molecule has 1 heterocycles. The number of anilines is 1. The van der Waals surface area contributed by atoms with Crippen molar-refractivity contribution < 1.29 is 52.4 Å². The summed E-state index contributed by atoms with van der Waals surface area (Å²) in [6, 6.07) is 9.55. The number of halogens is 1. The molecule has 0 saturated carbocycles. The van der Waals surface area contributed by atoms with E-state index in [2.05, 4.69) is 15.3 Å². The molecule has 1 unspecified atom stereocenters. The summed E-state index contributed by atoms with van der Waals surface area (Å²) < 4.78 is 33.6. The van der Waals surface area contributed by atoms with Gasteiger partial charge < -0.3 is 9.66 Å². The molecule has 140 valence electrons. The Morgan fingerprint density at radius 3 is 2.50 bits per heavy atom. The number of aromatic hydroxyl groups is 1. The molecule has 0 aliphatic carbocycles. The van der Waals surface area contributed by atoms with Crippen LogP contribution in [-0.4, -0.2) is 35.7 Å². The molecule has 0 spiro atoms. The summed E-state index contributed by atoms with van der Waals surface area (Å²) in [6.07, 6.45) is 0. The van der Waals surface area contributed by atoms with E-state index in [-0.39, 0.29) is 40.3 Å². The molecular weight excluding hydrogens is 419 g/mol. The smallest absolute Gasteiger partial charge is 0.744 e. The number of azo groups is 1. The van der Waals surface area contributed by atoms with Crippen LogP contribution in [0, 0.1) is 0 Å². The second-order valence-corrected chi connectivity index (χ2v) is 7.36. The second kappa shape index (κ2) is 8.68. The summed E-state index contributed by atoms with van der Waals surface area (Å²) in [5.74, 6) is -1.36. The van der Waals surface area contributed by atoms with Crippen molar-refractivity contribution in [2.75, 3.05) is 5.01 Å². The molecular formula is C16H12ClN4NaO5S. The van der Waals surface area contributed by atoms with E-state index in [4.69, 9.17) is 11.6 Å². The molecule has 3 rings (SSSR count). The molecule has 1 aliphatic heterocycles. The SMILES string of the molecule is CC1=NN(c2ccccc2)C(=O)C1N=Nc1cc(Cl)cc(S(=O)(=O)[O-])c1O.[Na+]. The predicted octanol–water partition coefficient (Wildman–Crippen LogP) is -0.171. The zero-order chi connectivity index (χ0) is 19.8. The molecule has 2 aromatic carbocycles. The molecule has 0 aromatic heterocycles. The van der Waals surface area contributed by atoms with Gasteiger partial charge in [-0.25, -0.2) is 8.42 Å². The first-order chi connectivity index (χ1) is 12.7. The van der Waals surface area contributed by atoms with Gasteiger partial charge in [-0.2, -0.15) is 20.3 Å². The Bertz CT molecular complexity index is 1080. The molecule has 2 aromatic rings. The van der Waals surface area contributed by atoms with Gasteiger partial charge in [0.1, 0.15) is 15.8 Å². The van der Waals surface area contributed by atoms with E-state index in [1.54, 1.807) is 37.3 Å². The van der Waals surface area contributed by atoms with Crippen molar-refractivity contribution in [1.29, 1.82) is 0 Å². The Labute approximate surface area is 187 Å². The minimum Gasteiger partial charge on any atom is -0.744 e. The third-order valence-electron chi connectivity index (χ3n) is 3.67. The van der Waals surface area contributed by atoms with E-state index in [1.165, 1.54) is 5.01 Å². The molecule has 28 heavy (non-hydrogen) atoms. The predicted molar refractivity (Wildman–Crippen MR) is 96.4 cm³/mol. The van der Waals surface area contributed by atoms with Crippen molar-refractivity contribution in [3.8, 4) is 5.75 Å². The van der Waals surface area contributed by atoms with E-state index in [1.807, 2.05) is 0 Å². The van der Waals surface area contributed by atoms with E-state index in [0.717, 1.165) is 12.1 Å². The topological polar surface area (TPSA) is 135 Å². The minimum atomic E-state index is -4.97. The third kappa shape index (κ3) is 4.59. The first-order valence-electron chi connectivity index (χ1n) is 7.52. The van der Waals surface area contributed by atoms with E-state index >= 15 is 0 Å². The number of rotatable bonds is 4. The van der Waals surface area contributed by atoms with Gasteiger partial charge in [0.05, 0.1) is 16.3 Å². The summed E-state index contributed by atoms with van der Waals surface area (Å²) in [4.78, 5) is 11.6. The van der Waals surface area contributed by atoms with Crippen molar-refractivity contribution in [3.63, 3.8) is 0 Å². The van der Waals surface area contributed by atoms with Crippen molar-refractivity contribution in [1.82, 2.24) is 0 Å². The van der Waals surface area contributed by atoms with Crippen LogP contribution < -0.4 is 34.6 Å². The van der Waals surface area contributed by atoms with Crippen LogP contribution in [0.1, 0.15) is 6.92 Å². The number of phenols is 1. The molecule has 0 saturated heterocycles. The molecule has 1 N–H and O–H groups in total. The number of amides is 1. The van der Waals surface area contributed by atoms with Crippen molar-refractivity contribution in [2.24, 2.45) is 15.3 Å². The number of carbonyl (C=O) groups excluding carboxylic acids is 1. The average molecular weight is 431 g/mol. The second-order valence-electron chi connectivity index (χ2n) is 5.57. The maximum Gasteiger partial charge on any atom is 1.00 e. The first-order valence-corrected chi connectivity index (χ1v) is 9.30. The zero-order valence-electron chi connectivity index (χ0n) is 14.8. The van der Waals surface area contributed by atoms with Gasteiger partial charge in [-0.15, -0.1) is 0 Å². The van der Waals surface area contributed by atoms with E-state index in [9.17, 15) is 22.9 Å². The summed E-state index contributed by atoms with van der Waals surface area (Å²) in [5.41, 5.74) is 0.548. The quantitative estimate of drug-likeness (QED) is 0.408. The molecule has 1 atom stereocenters. The third-order valence-corrected chi connectivity index (χ3v) is 4.73. The van der Waals surface area contributed by atoms with E-state index in [0.29, 0.717) is 11.4 Å². The Morgan fingerprint density at radius 2 is 1.89 bits per heavy atom. The fourth-order valence-electron chi connectivity index (χ4n) is 2.39. The van der Waals surface area contributed by atoms with Crippen molar-refractivity contribution in [3.05, 3.63) is 47.5 Å². The van der Waals surface area contributed by atoms with Gasteiger partial charge in [-0.05, 0) is 31.2 Å². The van der Waals surface area contributed by atoms with Crippen molar-refractivity contribution >= 4 is 44.7 Å². The van der Waals surface area contributed by atoms with Gasteiger partial charge in [0.25, 0.3) is 5.91 Å². The van der Waals surface area contributed by atoms with Gasteiger partial charge in [-0.3, -0.25) is 4.79 Å². The number of benzene rings is 2. The van der Waals surface area contributed by atoms with Gasteiger partial charge in [0, 0.05) is 5.02 Å². The molecule has 9 nitrogen and oxygen atoms in total. The maximum absolute atomic E-state index is 12.5. The van der Waals surface area contributed by atoms with Gasteiger partial charge in [0.15, 0.2) is 11.8 Å². The average Bonchev–Trinajstić information content (AvgIpc) is 2.89. The fourth-order valence-corrected chi connectivity index (χ4v) is 3.28. The van der Waals surface area contributed by atoms with Crippen LogP contribution in [-0.2, 0) is 14.9 Å². The number of hydrogen-bond acceptors (Lipinski definition) is 8. The Hall–Kier alpha value is -1.82. The summed E-state index contributed by atoms with van der Waals surface area (Å²) in [5, 5.41) is 22.7. The van der Waals surface area contributed by atoms with Crippen molar-refractivity contribution in [2.45, 2.75) is 17.9 Å². The number of carbonyl (C=O) groups is 1. The van der Waals surface area contributed by atoms with Gasteiger partial charge in [0.2, 0.25) is 0 Å². The van der Waals surface area contributed by atoms with Crippen LogP contribution in [0.25, 0.3) is 0 Å². The summed E-state index contributed by atoms with van der Waals surface area (Å²) in [7, 11) is -4.97. The summed E-state index contributed by atoms with van der Waals surface area (Å²) in [6.45, 7) is 1.58. The molecule has 0 radical (unpaired) electrons. The van der Waals surface area contributed by atoms with Crippen LogP contribution in [0.3, 0.4) is 0 Å². The molecule has 0 bridgehead atoms. The standard InChI is InChI=1S/C16H13ClN4O5S.Na/c1-9-14(16(23)21(20-9)11-5-3-2-4-6-11)19-18-12-7-10(17)8-13(15(12)22)27(24,25)26;/h2-8,14,22H,1H3,(H,24,25,26);/q;+1/p-1. The largest absolute Gasteiger partial charge is 1.00 e. The molecule has 12 heteroatoms. The molecule has 1 aliphatic rings. The molecule has 1 amide bonds. The number of nitrogens with zero attached hydrogens (tertiary/aromatic N) is 4. The van der Waals surface area contributed by atoms with E-state index < -0.39 is 32.7 Å². The van der Waals surface area contributed by atoms with Crippen LogP contribution in [0.15, 0.2) is 62.7 Å². The van der Waals surface area contributed by atoms with Crippen LogP contribution >= 0.6 is 11.6 Å². The number of hydrogen-bond donors (Lipinski definition) is 1. The fraction of sp³-hybridized carbons (Fsp3) is 0.125. The number of para-hydroxylation sites is 1. The Morgan fingerprint density at radius 1 is 1.25 bits per heavy atom. The van der Waals surface area contributed by atoms with Crippen LogP contribution in [0.5, 0.6) is 5.75 Å². The Kier molecular flexibility index (Phi) is 6.97. The minimum absolute atomic E-state index is 0. The number of phenolic OH excluding ortho intramolecular Hbond substituents is 1. The molecule has 0 fully saturated rings. The van der Waals surface area contributed by atoms with Crippen LogP contribution in [0.4, 0.5) is 11.4 Å². The first kappa shape index (κ1) is 22.5. The Balaban J connectivity index is 0.00000280. The van der Waals surface area contributed by atoms with Gasteiger partial charge in [-0.1, -0.05) is 29.8 Å². The zero-order valence-corrected chi connectivity index (χ0v) is 18.3. The number of hydrazone groups is 1. The van der Waals surface area contributed by atoms with Gasteiger partial charge >= 0.3 is 29.6 Å².